The molecule has 1 aromatic rings. The number of nitrogens with zero attached hydrogens (tertiary/aromatic N) is 1. The molecule has 0 radical (unpaired) electrons. The van der Waals surface area contributed by atoms with Crippen LogP contribution in [0.25, 0.3) is 0 Å². The summed E-state index contributed by atoms with van der Waals surface area (Å²) in [4.78, 5) is 2.38. The van der Waals surface area contributed by atoms with E-state index in [1.807, 2.05) is 12.1 Å². The van der Waals surface area contributed by atoms with E-state index in [9.17, 15) is 0 Å². The molecule has 1 aromatic carbocycles. The number of likely N-dealkylation sites (N-methyl/N-ethyl adjacent to an activating group) is 1. The maximum atomic E-state index is 6.22. The summed E-state index contributed by atoms with van der Waals surface area (Å²) >= 11 is 9.71. The number of hydrogen-bond donors (Lipinski definition) is 1. The molecule has 0 spiro atoms. The van der Waals surface area contributed by atoms with Crippen molar-refractivity contribution in [1.29, 1.82) is 0 Å². The lowest BCUT2D eigenvalue weighted by Crippen LogP contribution is -2.49. The van der Waals surface area contributed by atoms with Crippen LogP contribution >= 0.6 is 27.5 Å². The van der Waals surface area contributed by atoms with Crippen molar-refractivity contribution >= 4 is 27.5 Å². The predicted molar refractivity (Wildman–Crippen MR) is 85.7 cm³/mol. The highest BCUT2D eigenvalue weighted by atomic mass is 79.9. The van der Waals surface area contributed by atoms with Gasteiger partial charge in [0.25, 0.3) is 0 Å². The molecule has 1 saturated carbocycles. The van der Waals surface area contributed by atoms with E-state index in [0.717, 1.165) is 28.1 Å². The Bertz CT molecular complexity index is 428. The summed E-state index contributed by atoms with van der Waals surface area (Å²) < 4.78 is 1.08. The highest BCUT2D eigenvalue weighted by Gasteiger charge is 2.35. The first kappa shape index (κ1) is 15.3. The van der Waals surface area contributed by atoms with Crippen molar-refractivity contribution < 1.29 is 0 Å². The summed E-state index contributed by atoms with van der Waals surface area (Å²) in [5, 5.41) is 4.42. The van der Waals surface area contributed by atoms with Gasteiger partial charge in [0, 0.05) is 28.1 Å². The molecule has 0 atom stereocenters. The summed E-state index contributed by atoms with van der Waals surface area (Å²) in [6, 6.07) is 6.01. The molecule has 0 aromatic heterocycles. The van der Waals surface area contributed by atoms with E-state index in [1.165, 1.54) is 25.7 Å². The van der Waals surface area contributed by atoms with Gasteiger partial charge in [0.15, 0.2) is 0 Å². The molecule has 0 bridgehead atoms. The van der Waals surface area contributed by atoms with E-state index in [2.05, 4.69) is 46.3 Å². The Morgan fingerprint density at radius 1 is 1.32 bits per heavy atom. The Balaban J connectivity index is 1.94. The number of nitrogens with one attached hydrogen (secondary N) is 1. The van der Waals surface area contributed by atoms with Gasteiger partial charge in [-0.05, 0) is 50.7 Å². The van der Waals surface area contributed by atoms with E-state index < -0.39 is 0 Å². The minimum atomic E-state index is 0.332. The SMILES string of the molecule is CN(C)C1(CNCc2cc(Br)ccc2Cl)CCCC1. The zero-order valence-corrected chi connectivity index (χ0v) is 14.0. The third-order valence-corrected chi connectivity index (χ3v) is 5.12. The van der Waals surface area contributed by atoms with Gasteiger partial charge in [-0.15, -0.1) is 0 Å². The van der Waals surface area contributed by atoms with Crippen LogP contribution in [0.3, 0.4) is 0 Å². The second-order valence-electron chi connectivity index (χ2n) is 5.67. The first-order chi connectivity index (χ1) is 9.03. The molecule has 2 rings (SSSR count). The fourth-order valence-corrected chi connectivity index (χ4v) is 3.52. The third kappa shape index (κ3) is 3.72. The molecule has 2 nitrogen and oxygen atoms in total. The van der Waals surface area contributed by atoms with Gasteiger partial charge in [-0.1, -0.05) is 40.4 Å². The highest BCUT2D eigenvalue weighted by molar-refractivity contribution is 9.10. The summed E-state index contributed by atoms with van der Waals surface area (Å²) in [6.45, 7) is 1.86. The Labute approximate surface area is 129 Å². The Morgan fingerprint density at radius 3 is 2.63 bits per heavy atom. The van der Waals surface area contributed by atoms with Gasteiger partial charge in [0.2, 0.25) is 0 Å². The van der Waals surface area contributed by atoms with Crippen molar-refractivity contribution in [3.8, 4) is 0 Å². The van der Waals surface area contributed by atoms with Crippen molar-refractivity contribution in [1.82, 2.24) is 10.2 Å². The van der Waals surface area contributed by atoms with Gasteiger partial charge in [0.05, 0.1) is 0 Å². The topological polar surface area (TPSA) is 15.3 Å². The van der Waals surface area contributed by atoms with Crippen molar-refractivity contribution in [3.63, 3.8) is 0 Å². The molecule has 0 saturated heterocycles. The van der Waals surface area contributed by atoms with Crippen LogP contribution in [0.2, 0.25) is 5.02 Å². The van der Waals surface area contributed by atoms with Gasteiger partial charge < -0.3 is 10.2 Å². The molecule has 1 aliphatic carbocycles. The number of hydrogen-bond acceptors (Lipinski definition) is 2. The zero-order valence-electron chi connectivity index (χ0n) is 11.7. The molecular formula is C15H22BrClN2. The van der Waals surface area contributed by atoms with Crippen LogP contribution in [0.4, 0.5) is 0 Å². The summed E-state index contributed by atoms with van der Waals surface area (Å²) in [7, 11) is 4.39. The smallest absolute Gasteiger partial charge is 0.0451 e. The molecule has 1 N–H and O–H groups in total. The lowest BCUT2D eigenvalue weighted by Gasteiger charge is -2.36. The van der Waals surface area contributed by atoms with Crippen LogP contribution < -0.4 is 5.32 Å². The van der Waals surface area contributed by atoms with E-state index in [4.69, 9.17) is 11.6 Å². The maximum absolute atomic E-state index is 6.22. The number of halogens is 2. The van der Waals surface area contributed by atoms with Crippen LogP contribution in [0.5, 0.6) is 0 Å². The molecular weight excluding hydrogens is 324 g/mol. The van der Waals surface area contributed by atoms with Crippen LogP contribution in [-0.2, 0) is 6.54 Å². The van der Waals surface area contributed by atoms with Gasteiger partial charge in [-0.2, -0.15) is 0 Å². The average Bonchev–Trinajstić information content (AvgIpc) is 2.84. The Morgan fingerprint density at radius 2 is 2.00 bits per heavy atom. The quantitative estimate of drug-likeness (QED) is 0.865. The third-order valence-electron chi connectivity index (χ3n) is 4.26. The fraction of sp³-hybridized carbons (Fsp3) is 0.600. The van der Waals surface area contributed by atoms with Crippen LogP contribution in [0, 0.1) is 0 Å². The van der Waals surface area contributed by atoms with Crippen LogP contribution in [0.15, 0.2) is 22.7 Å². The summed E-state index contributed by atoms with van der Waals surface area (Å²) in [5.41, 5.74) is 1.49. The van der Waals surface area contributed by atoms with Crippen molar-refractivity contribution in [2.24, 2.45) is 0 Å². The average molecular weight is 346 g/mol. The largest absolute Gasteiger partial charge is 0.311 e. The lowest BCUT2D eigenvalue weighted by atomic mass is 9.96. The van der Waals surface area contributed by atoms with Crippen LogP contribution in [0.1, 0.15) is 31.2 Å². The summed E-state index contributed by atoms with van der Waals surface area (Å²) in [5.74, 6) is 0. The minimum absolute atomic E-state index is 0.332. The van der Waals surface area contributed by atoms with E-state index in [0.29, 0.717) is 5.54 Å². The van der Waals surface area contributed by atoms with E-state index in [-0.39, 0.29) is 0 Å². The molecule has 106 valence electrons. The molecule has 0 aliphatic heterocycles. The highest BCUT2D eigenvalue weighted by Crippen LogP contribution is 2.33. The first-order valence-electron chi connectivity index (χ1n) is 6.86. The standard InChI is InChI=1S/C15H22BrClN2/c1-19(2)15(7-3-4-8-15)11-18-10-12-9-13(16)5-6-14(12)17/h5-6,9,18H,3-4,7-8,10-11H2,1-2H3. The Hall–Kier alpha value is -0.0900. The second kappa shape index (κ2) is 6.57. The van der Waals surface area contributed by atoms with Crippen molar-refractivity contribution in [2.75, 3.05) is 20.6 Å². The minimum Gasteiger partial charge on any atom is -0.311 e. The number of benzene rings is 1. The molecule has 0 heterocycles. The second-order valence-corrected chi connectivity index (χ2v) is 6.99. The van der Waals surface area contributed by atoms with Crippen molar-refractivity contribution in [3.05, 3.63) is 33.3 Å². The van der Waals surface area contributed by atoms with Gasteiger partial charge >= 0.3 is 0 Å². The van der Waals surface area contributed by atoms with Crippen molar-refractivity contribution in [2.45, 2.75) is 37.8 Å². The van der Waals surface area contributed by atoms with Gasteiger partial charge in [0.1, 0.15) is 0 Å². The predicted octanol–water partition coefficient (Wildman–Crippen LogP) is 4.07. The Kier molecular flexibility index (Phi) is 5.29. The molecule has 0 amide bonds. The lowest BCUT2D eigenvalue weighted by molar-refractivity contribution is 0.153. The van der Waals surface area contributed by atoms with Gasteiger partial charge in [-0.25, -0.2) is 0 Å². The first-order valence-corrected chi connectivity index (χ1v) is 8.03. The monoisotopic (exact) mass is 344 g/mol. The molecule has 0 unspecified atom stereocenters. The fourth-order valence-electron chi connectivity index (χ4n) is 2.92. The molecule has 19 heavy (non-hydrogen) atoms. The number of rotatable bonds is 5. The molecule has 4 heteroatoms. The van der Waals surface area contributed by atoms with E-state index >= 15 is 0 Å². The maximum Gasteiger partial charge on any atom is 0.0451 e. The molecule has 1 fully saturated rings. The zero-order chi connectivity index (χ0) is 13.9. The van der Waals surface area contributed by atoms with Gasteiger partial charge in [-0.3, -0.25) is 0 Å². The normalized spacial score (nSPS) is 18.2. The van der Waals surface area contributed by atoms with E-state index in [1.54, 1.807) is 0 Å². The van der Waals surface area contributed by atoms with Crippen LogP contribution in [-0.4, -0.2) is 31.1 Å². The summed E-state index contributed by atoms with van der Waals surface area (Å²) in [6.07, 6.45) is 5.27. The molecule has 1 aliphatic rings.